The van der Waals surface area contributed by atoms with Crippen molar-refractivity contribution in [2.24, 2.45) is 0 Å². The number of rotatable bonds is 7. The molecule has 3 aromatic rings. The molecule has 1 unspecified atom stereocenters. The van der Waals surface area contributed by atoms with Gasteiger partial charge in [0, 0.05) is 16.3 Å². The van der Waals surface area contributed by atoms with Gasteiger partial charge in [0.2, 0.25) is 5.91 Å². The summed E-state index contributed by atoms with van der Waals surface area (Å²) >= 11 is 1.43. The minimum absolute atomic E-state index is 0.160. The van der Waals surface area contributed by atoms with Crippen LogP contribution in [0.15, 0.2) is 83.8 Å². The second kappa shape index (κ2) is 9.80. The Morgan fingerprint density at radius 3 is 2.38 bits per heavy atom. The summed E-state index contributed by atoms with van der Waals surface area (Å²) in [6.45, 7) is 2.07. The summed E-state index contributed by atoms with van der Waals surface area (Å²) < 4.78 is 4.98. The van der Waals surface area contributed by atoms with Crippen molar-refractivity contribution < 1.29 is 14.3 Å². The smallest absolute Gasteiger partial charge is 0.338 e. The van der Waals surface area contributed by atoms with Gasteiger partial charge in [0.15, 0.2) is 0 Å². The van der Waals surface area contributed by atoms with Crippen LogP contribution >= 0.6 is 11.8 Å². The van der Waals surface area contributed by atoms with E-state index >= 15 is 0 Å². The summed E-state index contributed by atoms with van der Waals surface area (Å²) in [4.78, 5) is 25.8. The average molecular weight is 407 g/mol. The molecule has 0 saturated carbocycles. The van der Waals surface area contributed by atoms with Gasteiger partial charge >= 0.3 is 5.97 Å². The first-order valence-corrected chi connectivity index (χ1v) is 10.1. The molecule has 29 heavy (non-hydrogen) atoms. The number of anilines is 2. The van der Waals surface area contributed by atoms with Gasteiger partial charge in [0.1, 0.15) is 5.25 Å². The van der Waals surface area contributed by atoms with Crippen molar-refractivity contribution in [2.45, 2.75) is 17.1 Å². The topological polar surface area (TPSA) is 81.4 Å². The van der Waals surface area contributed by atoms with E-state index in [9.17, 15) is 9.59 Å². The summed E-state index contributed by atoms with van der Waals surface area (Å²) in [5.41, 5.74) is 8.47. The van der Waals surface area contributed by atoms with Crippen molar-refractivity contribution in [3.05, 3.63) is 90.0 Å². The number of thioether (sulfide) groups is 1. The number of hydrogen-bond donors (Lipinski definition) is 2. The molecule has 0 aliphatic heterocycles. The van der Waals surface area contributed by atoms with E-state index in [1.165, 1.54) is 11.8 Å². The first-order chi connectivity index (χ1) is 14.1. The molecule has 0 fully saturated rings. The molecule has 0 aromatic heterocycles. The fourth-order valence-electron chi connectivity index (χ4n) is 2.74. The Kier molecular flexibility index (Phi) is 6.92. The molecule has 0 bridgehead atoms. The van der Waals surface area contributed by atoms with Crippen LogP contribution in [0.3, 0.4) is 0 Å². The Morgan fingerprint density at radius 2 is 1.72 bits per heavy atom. The van der Waals surface area contributed by atoms with Crippen LogP contribution in [-0.2, 0) is 9.53 Å². The zero-order chi connectivity index (χ0) is 20.6. The number of carbonyl (C=O) groups is 2. The SMILES string of the molecule is CCOC(=O)c1ccc(NC(=O)C(Sc2cccc(N)c2)c2ccccc2)cc1. The third-order valence-corrected chi connectivity index (χ3v) is 5.36. The van der Waals surface area contributed by atoms with Crippen molar-refractivity contribution in [3.8, 4) is 0 Å². The van der Waals surface area contributed by atoms with Crippen LogP contribution in [0.5, 0.6) is 0 Å². The first kappa shape index (κ1) is 20.5. The molecule has 0 aliphatic rings. The fourth-order valence-corrected chi connectivity index (χ4v) is 3.83. The Balaban J connectivity index is 1.78. The van der Waals surface area contributed by atoms with Crippen LogP contribution in [0.1, 0.15) is 28.1 Å². The second-order valence-electron chi connectivity index (χ2n) is 6.27. The summed E-state index contributed by atoms with van der Waals surface area (Å²) in [5, 5.41) is 2.47. The summed E-state index contributed by atoms with van der Waals surface area (Å²) in [5.74, 6) is -0.544. The lowest BCUT2D eigenvalue weighted by Crippen LogP contribution is -2.19. The minimum Gasteiger partial charge on any atom is -0.462 e. The van der Waals surface area contributed by atoms with Crippen molar-refractivity contribution in [1.82, 2.24) is 0 Å². The molecule has 0 heterocycles. The molecule has 0 saturated heterocycles. The van der Waals surface area contributed by atoms with Crippen LogP contribution in [0.25, 0.3) is 0 Å². The highest BCUT2D eigenvalue weighted by molar-refractivity contribution is 8.00. The van der Waals surface area contributed by atoms with Crippen LogP contribution in [0.4, 0.5) is 11.4 Å². The zero-order valence-electron chi connectivity index (χ0n) is 16.0. The molecule has 3 rings (SSSR count). The summed E-state index contributed by atoms with van der Waals surface area (Å²) in [7, 11) is 0. The number of carbonyl (C=O) groups excluding carboxylic acids is 2. The molecule has 6 heteroatoms. The van der Waals surface area contributed by atoms with Crippen LogP contribution in [0, 0.1) is 0 Å². The van der Waals surface area contributed by atoms with E-state index in [2.05, 4.69) is 5.32 Å². The van der Waals surface area contributed by atoms with E-state index in [1.807, 2.05) is 54.6 Å². The van der Waals surface area contributed by atoms with Crippen LogP contribution in [0.2, 0.25) is 0 Å². The van der Waals surface area contributed by atoms with E-state index in [0.29, 0.717) is 23.5 Å². The van der Waals surface area contributed by atoms with Crippen LogP contribution in [-0.4, -0.2) is 18.5 Å². The average Bonchev–Trinajstić information content (AvgIpc) is 2.73. The molecule has 5 nitrogen and oxygen atoms in total. The van der Waals surface area contributed by atoms with Crippen molar-refractivity contribution in [1.29, 1.82) is 0 Å². The van der Waals surface area contributed by atoms with Gasteiger partial charge in [-0.05, 0) is 55.0 Å². The lowest BCUT2D eigenvalue weighted by atomic mass is 10.1. The molecule has 1 amide bonds. The number of amides is 1. The normalized spacial score (nSPS) is 11.5. The van der Waals surface area contributed by atoms with E-state index < -0.39 is 5.25 Å². The lowest BCUT2D eigenvalue weighted by Gasteiger charge is -2.17. The van der Waals surface area contributed by atoms with Crippen LogP contribution < -0.4 is 11.1 Å². The second-order valence-corrected chi connectivity index (χ2v) is 7.45. The van der Waals surface area contributed by atoms with Gasteiger partial charge in [-0.3, -0.25) is 4.79 Å². The monoisotopic (exact) mass is 406 g/mol. The molecular weight excluding hydrogens is 384 g/mol. The van der Waals surface area contributed by atoms with Gasteiger partial charge in [-0.25, -0.2) is 4.79 Å². The predicted octanol–water partition coefficient (Wildman–Crippen LogP) is 4.92. The summed E-state index contributed by atoms with van der Waals surface area (Å²) in [6.07, 6.45) is 0. The fraction of sp³-hybridized carbons (Fsp3) is 0.130. The van der Waals surface area contributed by atoms with Gasteiger partial charge in [-0.15, -0.1) is 11.8 Å². The molecule has 148 valence electrons. The number of hydrogen-bond acceptors (Lipinski definition) is 5. The molecule has 0 spiro atoms. The highest BCUT2D eigenvalue weighted by Crippen LogP contribution is 2.36. The molecule has 0 aliphatic carbocycles. The Bertz CT molecular complexity index is 975. The molecular formula is C23H22N2O3S. The molecule has 3 aromatic carbocycles. The Morgan fingerprint density at radius 1 is 1.00 bits per heavy atom. The lowest BCUT2D eigenvalue weighted by molar-refractivity contribution is -0.115. The van der Waals surface area contributed by atoms with Crippen molar-refractivity contribution in [3.63, 3.8) is 0 Å². The Labute approximate surface area is 174 Å². The number of nitrogen functional groups attached to an aromatic ring is 1. The standard InChI is InChI=1S/C23H22N2O3S/c1-2-28-23(27)17-11-13-19(14-12-17)25-22(26)21(16-7-4-3-5-8-16)29-20-10-6-9-18(24)15-20/h3-15,21H,2,24H2,1H3,(H,25,26). The van der Waals surface area contributed by atoms with Gasteiger partial charge in [0.25, 0.3) is 0 Å². The van der Waals surface area contributed by atoms with E-state index in [1.54, 1.807) is 31.2 Å². The first-order valence-electron chi connectivity index (χ1n) is 9.22. The van der Waals surface area contributed by atoms with Gasteiger partial charge in [-0.2, -0.15) is 0 Å². The predicted molar refractivity (Wildman–Crippen MR) is 117 cm³/mol. The largest absolute Gasteiger partial charge is 0.462 e. The van der Waals surface area contributed by atoms with Gasteiger partial charge in [-0.1, -0.05) is 36.4 Å². The van der Waals surface area contributed by atoms with Crippen molar-refractivity contribution >= 4 is 35.0 Å². The van der Waals surface area contributed by atoms with Gasteiger partial charge < -0.3 is 15.8 Å². The van der Waals surface area contributed by atoms with E-state index in [-0.39, 0.29) is 11.9 Å². The molecule has 3 N–H and O–H groups in total. The maximum atomic E-state index is 13.1. The van der Waals surface area contributed by atoms with E-state index in [0.717, 1.165) is 10.5 Å². The number of esters is 1. The number of nitrogens with one attached hydrogen (secondary N) is 1. The third kappa shape index (κ3) is 5.62. The highest BCUT2D eigenvalue weighted by atomic mass is 32.2. The molecule has 0 radical (unpaired) electrons. The minimum atomic E-state index is -0.456. The summed E-state index contributed by atoms with van der Waals surface area (Å²) in [6, 6.07) is 23.7. The number of benzene rings is 3. The maximum Gasteiger partial charge on any atom is 0.338 e. The number of ether oxygens (including phenoxy) is 1. The zero-order valence-corrected chi connectivity index (χ0v) is 16.8. The molecule has 1 atom stereocenters. The Hall–Kier alpha value is -3.25. The van der Waals surface area contributed by atoms with Gasteiger partial charge in [0.05, 0.1) is 12.2 Å². The number of nitrogens with two attached hydrogens (primary N) is 1. The quantitative estimate of drug-likeness (QED) is 0.331. The van der Waals surface area contributed by atoms with E-state index in [4.69, 9.17) is 10.5 Å². The van der Waals surface area contributed by atoms with Crippen molar-refractivity contribution in [2.75, 3.05) is 17.7 Å². The third-order valence-electron chi connectivity index (χ3n) is 4.12. The highest BCUT2D eigenvalue weighted by Gasteiger charge is 2.22. The maximum absolute atomic E-state index is 13.1.